The van der Waals surface area contributed by atoms with E-state index in [1.165, 1.54) is 0 Å². The minimum Gasteiger partial charge on any atom is -0.460 e. The molecule has 1 aliphatic rings. The molecule has 2 aromatic carbocycles. The maximum absolute atomic E-state index is 13.0. The molecule has 0 aliphatic carbocycles. The standard InChI is InChI=1S/C28H26N6O2/c1-18-7-12-25(36-18)26-20(16-34(32-26)22-5-3-2-4-6-22)15-33-14-13-24-23(17-33)28(35)31-27(30-24)19-8-10-21(29)11-9-19/h2-12,16H,13-15,17,29H2,1H3,(H,30,31,35). The van der Waals surface area contributed by atoms with Crippen LogP contribution in [0.4, 0.5) is 5.69 Å². The zero-order valence-corrected chi connectivity index (χ0v) is 19.9. The number of nitrogen functional groups attached to an aromatic ring is 1. The number of nitrogens with zero attached hydrogens (tertiary/aromatic N) is 4. The van der Waals surface area contributed by atoms with Crippen LogP contribution in [0.25, 0.3) is 28.5 Å². The molecule has 4 heterocycles. The van der Waals surface area contributed by atoms with Gasteiger partial charge in [0.1, 0.15) is 17.3 Å². The number of fused-ring (bicyclic) bond motifs is 1. The number of aromatic nitrogens is 4. The first-order valence-electron chi connectivity index (χ1n) is 11.9. The van der Waals surface area contributed by atoms with E-state index >= 15 is 0 Å². The summed E-state index contributed by atoms with van der Waals surface area (Å²) < 4.78 is 7.80. The summed E-state index contributed by atoms with van der Waals surface area (Å²) in [6.45, 7) is 3.88. The highest BCUT2D eigenvalue weighted by Crippen LogP contribution is 2.28. The van der Waals surface area contributed by atoms with Crippen molar-refractivity contribution in [2.24, 2.45) is 0 Å². The molecule has 0 bridgehead atoms. The van der Waals surface area contributed by atoms with Crippen LogP contribution in [0.3, 0.4) is 0 Å². The molecule has 3 N–H and O–H groups in total. The first-order chi connectivity index (χ1) is 17.5. The van der Waals surface area contributed by atoms with E-state index in [2.05, 4.69) is 9.88 Å². The molecule has 0 amide bonds. The maximum atomic E-state index is 13.0. The van der Waals surface area contributed by atoms with Crippen molar-refractivity contribution < 1.29 is 4.42 Å². The minimum absolute atomic E-state index is 0.0987. The monoisotopic (exact) mass is 478 g/mol. The number of nitrogens with one attached hydrogen (secondary N) is 1. The third kappa shape index (κ3) is 4.23. The second-order valence-electron chi connectivity index (χ2n) is 9.12. The molecule has 5 aromatic rings. The Balaban J connectivity index is 1.29. The van der Waals surface area contributed by atoms with Gasteiger partial charge in [0, 0.05) is 49.1 Å². The number of hydrogen-bond donors (Lipinski definition) is 2. The van der Waals surface area contributed by atoms with E-state index in [0.29, 0.717) is 36.6 Å². The summed E-state index contributed by atoms with van der Waals surface area (Å²) in [5.74, 6) is 2.15. The molecule has 3 aromatic heterocycles. The number of rotatable bonds is 5. The average molecular weight is 479 g/mol. The molecule has 0 atom stereocenters. The zero-order chi connectivity index (χ0) is 24.6. The number of H-pyrrole nitrogens is 1. The van der Waals surface area contributed by atoms with Gasteiger partial charge in [-0.05, 0) is 55.5 Å². The molecule has 1 aliphatic heterocycles. The summed E-state index contributed by atoms with van der Waals surface area (Å²) in [6.07, 6.45) is 2.74. The topological polar surface area (TPSA) is 106 Å². The molecular formula is C28H26N6O2. The second kappa shape index (κ2) is 8.98. The molecular weight excluding hydrogens is 452 g/mol. The molecule has 0 fully saturated rings. The maximum Gasteiger partial charge on any atom is 0.255 e. The van der Waals surface area contributed by atoms with Crippen LogP contribution in [-0.4, -0.2) is 31.2 Å². The largest absolute Gasteiger partial charge is 0.460 e. The van der Waals surface area contributed by atoms with Gasteiger partial charge in [0.15, 0.2) is 5.76 Å². The molecule has 36 heavy (non-hydrogen) atoms. The van der Waals surface area contributed by atoms with E-state index in [0.717, 1.165) is 46.3 Å². The smallest absolute Gasteiger partial charge is 0.255 e. The summed E-state index contributed by atoms with van der Waals surface area (Å²) in [4.78, 5) is 23.0. The lowest BCUT2D eigenvalue weighted by Crippen LogP contribution is -2.35. The van der Waals surface area contributed by atoms with Gasteiger partial charge in [-0.25, -0.2) is 9.67 Å². The SMILES string of the molecule is Cc1ccc(-c2nn(-c3ccccc3)cc2CN2CCc3nc(-c4ccc(N)cc4)[nH]c(=O)c3C2)o1. The lowest BCUT2D eigenvalue weighted by molar-refractivity contribution is 0.242. The molecule has 0 radical (unpaired) electrons. The number of aryl methyl sites for hydroxylation is 1. The van der Waals surface area contributed by atoms with Crippen LogP contribution in [0.15, 0.2) is 82.1 Å². The van der Waals surface area contributed by atoms with E-state index in [9.17, 15) is 4.79 Å². The Morgan fingerprint density at radius 3 is 2.61 bits per heavy atom. The molecule has 0 saturated carbocycles. The summed E-state index contributed by atoms with van der Waals surface area (Å²) in [6, 6.07) is 21.3. The lowest BCUT2D eigenvalue weighted by atomic mass is 10.1. The minimum atomic E-state index is -0.0987. The van der Waals surface area contributed by atoms with Crippen molar-refractivity contribution in [2.45, 2.75) is 26.4 Å². The highest BCUT2D eigenvalue weighted by molar-refractivity contribution is 5.59. The van der Waals surface area contributed by atoms with Crippen LogP contribution in [0.2, 0.25) is 0 Å². The highest BCUT2D eigenvalue weighted by Gasteiger charge is 2.24. The molecule has 8 heteroatoms. The first-order valence-corrected chi connectivity index (χ1v) is 11.9. The van der Waals surface area contributed by atoms with E-state index < -0.39 is 0 Å². The molecule has 8 nitrogen and oxygen atoms in total. The van der Waals surface area contributed by atoms with Gasteiger partial charge < -0.3 is 15.1 Å². The van der Waals surface area contributed by atoms with Crippen molar-refractivity contribution in [3.8, 4) is 28.5 Å². The van der Waals surface area contributed by atoms with Crippen LogP contribution in [0.5, 0.6) is 0 Å². The van der Waals surface area contributed by atoms with Crippen LogP contribution >= 0.6 is 0 Å². The van der Waals surface area contributed by atoms with Gasteiger partial charge in [-0.15, -0.1) is 0 Å². The molecule has 6 rings (SSSR count). The normalized spacial score (nSPS) is 13.6. The third-order valence-electron chi connectivity index (χ3n) is 6.51. The van der Waals surface area contributed by atoms with Gasteiger partial charge in [0.25, 0.3) is 5.56 Å². The summed E-state index contributed by atoms with van der Waals surface area (Å²) >= 11 is 0. The summed E-state index contributed by atoms with van der Waals surface area (Å²) in [7, 11) is 0. The summed E-state index contributed by atoms with van der Waals surface area (Å²) in [5.41, 5.74) is 11.6. The number of benzene rings is 2. The van der Waals surface area contributed by atoms with E-state index in [1.54, 1.807) is 0 Å². The van der Waals surface area contributed by atoms with Crippen molar-refractivity contribution in [3.63, 3.8) is 0 Å². The fraction of sp³-hybridized carbons (Fsp3) is 0.179. The van der Waals surface area contributed by atoms with Crippen LogP contribution in [0.1, 0.15) is 22.6 Å². The van der Waals surface area contributed by atoms with Crippen LogP contribution < -0.4 is 11.3 Å². The van der Waals surface area contributed by atoms with Crippen molar-refractivity contribution in [1.29, 1.82) is 0 Å². The van der Waals surface area contributed by atoms with E-state index in [4.69, 9.17) is 20.2 Å². The van der Waals surface area contributed by atoms with Gasteiger partial charge in [-0.3, -0.25) is 9.69 Å². The van der Waals surface area contributed by atoms with Crippen molar-refractivity contribution >= 4 is 5.69 Å². The number of aromatic amines is 1. The highest BCUT2D eigenvalue weighted by atomic mass is 16.3. The molecule has 0 saturated heterocycles. The van der Waals surface area contributed by atoms with Gasteiger partial charge in [0.2, 0.25) is 0 Å². The Kier molecular flexibility index (Phi) is 5.50. The Morgan fingerprint density at radius 1 is 1.06 bits per heavy atom. The van der Waals surface area contributed by atoms with E-state index in [1.807, 2.05) is 84.5 Å². The quantitative estimate of drug-likeness (QED) is 0.364. The lowest BCUT2D eigenvalue weighted by Gasteiger charge is -2.27. The third-order valence-corrected chi connectivity index (χ3v) is 6.51. The molecule has 180 valence electrons. The average Bonchev–Trinajstić information content (AvgIpc) is 3.51. The van der Waals surface area contributed by atoms with Gasteiger partial charge in [-0.2, -0.15) is 5.10 Å². The van der Waals surface area contributed by atoms with Gasteiger partial charge >= 0.3 is 0 Å². The number of para-hydroxylation sites is 1. The second-order valence-corrected chi connectivity index (χ2v) is 9.12. The predicted molar refractivity (Wildman–Crippen MR) is 139 cm³/mol. The predicted octanol–water partition coefficient (Wildman–Crippen LogP) is 4.33. The Hall–Kier alpha value is -4.43. The zero-order valence-electron chi connectivity index (χ0n) is 19.9. The van der Waals surface area contributed by atoms with E-state index in [-0.39, 0.29) is 5.56 Å². The molecule has 0 unspecified atom stereocenters. The Bertz CT molecular complexity index is 1580. The fourth-order valence-corrected chi connectivity index (χ4v) is 4.64. The van der Waals surface area contributed by atoms with Gasteiger partial charge in [0.05, 0.1) is 16.9 Å². The van der Waals surface area contributed by atoms with Gasteiger partial charge in [-0.1, -0.05) is 18.2 Å². The number of nitrogens with two attached hydrogens (primary N) is 1. The van der Waals surface area contributed by atoms with Crippen LogP contribution in [-0.2, 0) is 19.5 Å². The number of furan rings is 1. The Labute approximate surface area is 208 Å². The van der Waals surface area contributed by atoms with Crippen LogP contribution in [0, 0.1) is 6.92 Å². The number of anilines is 1. The first kappa shape index (κ1) is 22.1. The van der Waals surface area contributed by atoms with Crippen molar-refractivity contribution in [2.75, 3.05) is 12.3 Å². The summed E-state index contributed by atoms with van der Waals surface area (Å²) in [5, 5.41) is 4.85. The Morgan fingerprint density at radius 2 is 1.86 bits per heavy atom. The van der Waals surface area contributed by atoms with Crippen molar-refractivity contribution in [3.05, 3.63) is 106 Å². The fourth-order valence-electron chi connectivity index (χ4n) is 4.64. The number of hydrogen-bond acceptors (Lipinski definition) is 6. The molecule has 0 spiro atoms. The van der Waals surface area contributed by atoms with Crippen molar-refractivity contribution in [1.82, 2.24) is 24.6 Å².